The van der Waals surface area contributed by atoms with Crippen molar-refractivity contribution >= 4 is 15.9 Å². The molecule has 4 nitrogen and oxygen atoms in total. The molecule has 2 heterocycles. The van der Waals surface area contributed by atoms with Gasteiger partial charge in [0.25, 0.3) is 0 Å². The molecule has 0 aliphatic rings. The Labute approximate surface area is 83.8 Å². The first-order valence-electron chi connectivity index (χ1n) is 3.79. The molecule has 0 amide bonds. The minimum Gasteiger partial charge on any atom is -0.259 e. The Morgan fingerprint density at radius 3 is 2.85 bits per heavy atom. The van der Waals surface area contributed by atoms with Gasteiger partial charge >= 0.3 is 0 Å². The van der Waals surface area contributed by atoms with Crippen LogP contribution in [0, 0.1) is 0 Å². The van der Waals surface area contributed by atoms with Crippen LogP contribution in [0.4, 0.5) is 0 Å². The molecule has 0 saturated heterocycles. The van der Waals surface area contributed by atoms with Crippen molar-refractivity contribution in [2.75, 3.05) is 0 Å². The molecular formula is C8H7BrN4. The van der Waals surface area contributed by atoms with Crippen molar-refractivity contribution in [1.82, 2.24) is 19.7 Å². The van der Waals surface area contributed by atoms with Crippen LogP contribution in [-0.2, 0) is 6.54 Å². The minimum absolute atomic E-state index is 0.600. The molecule has 0 unspecified atom stereocenters. The summed E-state index contributed by atoms with van der Waals surface area (Å²) >= 11 is 3.18. The maximum atomic E-state index is 4.18. The van der Waals surface area contributed by atoms with E-state index < -0.39 is 0 Å². The maximum absolute atomic E-state index is 4.18. The van der Waals surface area contributed by atoms with Gasteiger partial charge in [0.2, 0.25) is 4.73 Å². The molecule has 0 fully saturated rings. The minimum atomic E-state index is 0.600. The van der Waals surface area contributed by atoms with Crippen LogP contribution in [0.1, 0.15) is 5.69 Å². The third kappa shape index (κ3) is 2.12. The van der Waals surface area contributed by atoms with E-state index in [1.165, 1.54) is 0 Å². The number of pyridine rings is 1. The van der Waals surface area contributed by atoms with Gasteiger partial charge in [0, 0.05) is 6.20 Å². The van der Waals surface area contributed by atoms with Crippen molar-refractivity contribution in [3.63, 3.8) is 0 Å². The third-order valence-corrected chi connectivity index (χ3v) is 1.92. The summed E-state index contributed by atoms with van der Waals surface area (Å²) in [6.07, 6.45) is 3.43. The van der Waals surface area contributed by atoms with E-state index in [-0.39, 0.29) is 0 Å². The van der Waals surface area contributed by atoms with E-state index in [1.54, 1.807) is 17.2 Å². The third-order valence-electron chi connectivity index (χ3n) is 1.56. The lowest BCUT2D eigenvalue weighted by atomic mass is 10.3. The first kappa shape index (κ1) is 8.37. The van der Waals surface area contributed by atoms with Crippen molar-refractivity contribution < 1.29 is 0 Å². The largest absolute Gasteiger partial charge is 0.259 e. The first-order valence-corrected chi connectivity index (χ1v) is 4.59. The highest BCUT2D eigenvalue weighted by atomic mass is 79.9. The van der Waals surface area contributed by atoms with Gasteiger partial charge in [-0.3, -0.25) is 4.98 Å². The Morgan fingerprint density at radius 2 is 2.23 bits per heavy atom. The topological polar surface area (TPSA) is 43.6 Å². The average Bonchev–Trinajstić information content (AvgIpc) is 2.53. The van der Waals surface area contributed by atoms with Crippen molar-refractivity contribution in [3.8, 4) is 0 Å². The van der Waals surface area contributed by atoms with Gasteiger partial charge in [0.1, 0.15) is 6.33 Å². The molecule has 5 heteroatoms. The monoisotopic (exact) mass is 238 g/mol. The van der Waals surface area contributed by atoms with E-state index in [0.29, 0.717) is 11.3 Å². The molecule has 0 spiro atoms. The second kappa shape index (κ2) is 3.66. The van der Waals surface area contributed by atoms with Crippen LogP contribution in [0.15, 0.2) is 35.5 Å². The summed E-state index contributed by atoms with van der Waals surface area (Å²) in [7, 11) is 0. The second-order valence-electron chi connectivity index (χ2n) is 2.53. The average molecular weight is 239 g/mol. The molecule has 2 aromatic rings. The Bertz CT molecular complexity index is 384. The SMILES string of the molecule is Brc1ncn(Cc2ccccn2)n1. The van der Waals surface area contributed by atoms with Gasteiger partial charge in [-0.1, -0.05) is 6.07 Å². The molecule has 0 bridgehead atoms. The molecule has 0 radical (unpaired) electrons. The van der Waals surface area contributed by atoms with Crippen LogP contribution < -0.4 is 0 Å². The number of halogens is 1. The number of aromatic nitrogens is 4. The highest BCUT2D eigenvalue weighted by Crippen LogP contribution is 2.01. The maximum Gasteiger partial charge on any atom is 0.217 e. The lowest BCUT2D eigenvalue weighted by Gasteiger charge is -1.97. The van der Waals surface area contributed by atoms with Crippen LogP contribution in [0.3, 0.4) is 0 Å². The van der Waals surface area contributed by atoms with Crippen molar-refractivity contribution in [1.29, 1.82) is 0 Å². The summed E-state index contributed by atoms with van der Waals surface area (Å²) in [6.45, 7) is 0.652. The number of nitrogens with zero attached hydrogens (tertiary/aromatic N) is 4. The van der Waals surface area contributed by atoms with Gasteiger partial charge in [-0.25, -0.2) is 9.67 Å². The fourth-order valence-electron chi connectivity index (χ4n) is 1.01. The van der Waals surface area contributed by atoms with E-state index in [4.69, 9.17) is 0 Å². The van der Waals surface area contributed by atoms with Gasteiger partial charge in [-0.2, -0.15) is 0 Å². The van der Waals surface area contributed by atoms with Gasteiger partial charge < -0.3 is 0 Å². The number of hydrogen-bond acceptors (Lipinski definition) is 3. The van der Waals surface area contributed by atoms with Crippen LogP contribution in [0.2, 0.25) is 0 Å². The predicted molar refractivity (Wildman–Crippen MR) is 51.1 cm³/mol. The van der Waals surface area contributed by atoms with E-state index in [2.05, 4.69) is 31.0 Å². The normalized spacial score (nSPS) is 10.2. The molecule has 0 aliphatic heterocycles. The van der Waals surface area contributed by atoms with Crippen LogP contribution in [0.25, 0.3) is 0 Å². The quantitative estimate of drug-likeness (QED) is 0.797. The molecular weight excluding hydrogens is 232 g/mol. The van der Waals surface area contributed by atoms with Crippen molar-refractivity contribution in [2.24, 2.45) is 0 Å². The molecule has 2 rings (SSSR count). The second-order valence-corrected chi connectivity index (χ2v) is 3.24. The lowest BCUT2D eigenvalue weighted by molar-refractivity contribution is 0.667. The molecule has 13 heavy (non-hydrogen) atoms. The summed E-state index contributed by atoms with van der Waals surface area (Å²) in [5, 5.41) is 4.09. The molecule has 0 aromatic carbocycles. The van der Waals surface area contributed by atoms with E-state index in [1.807, 2.05) is 18.2 Å². The number of hydrogen-bond donors (Lipinski definition) is 0. The highest BCUT2D eigenvalue weighted by molar-refractivity contribution is 9.10. The Balaban J connectivity index is 2.15. The first-order chi connectivity index (χ1) is 6.34. The van der Waals surface area contributed by atoms with Crippen LogP contribution >= 0.6 is 15.9 Å². The fraction of sp³-hybridized carbons (Fsp3) is 0.125. The molecule has 0 atom stereocenters. The standard InChI is InChI=1S/C8H7BrN4/c9-8-11-6-13(12-8)5-7-3-1-2-4-10-7/h1-4,6H,5H2. The van der Waals surface area contributed by atoms with E-state index >= 15 is 0 Å². The Hall–Kier alpha value is -1.23. The smallest absolute Gasteiger partial charge is 0.217 e. The Morgan fingerprint density at radius 1 is 1.31 bits per heavy atom. The van der Waals surface area contributed by atoms with Gasteiger partial charge in [0.05, 0.1) is 12.2 Å². The summed E-state index contributed by atoms with van der Waals surface area (Å²) in [4.78, 5) is 8.13. The molecule has 0 N–H and O–H groups in total. The fourth-order valence-corrected chi connectivity index (χ4v) is 1.30. The highest BCUT2D eigenvalue weighted by Gasteiger charge is 1.97. The van der Waals surface area contributed by atoms with Gasteiger partial charge in [-0.15, -0.1) is 5.10 Å². The van der Waals surface area contributed by atoms with Crippen molar-refractivity contribution in [2.45, 2.75) is 6.54 Å². The summed E-state index contributed by atoms with van der Waals surface area (Å²) in [5.74, 6) is 0. The summed E-state index contributed by atoms with van der Waals surface area (Å²) in [6, 6.07) is 5.80. The zero-order valence-corrected chi connectivity index (χ0v) is 8.35. The van der Waals surface area contributed by atoms with Gasteiger partial charge in [0.15, 0.2) is 0 Å². The zero-order valence-electron chi connectivity index (χ0n) is 6.76. The lowest BCUT2D eigenvalue weighted by Crippen LogP contribution is -2.01. The van der Waals surface area contributed by atoms with E-state index in [0.717, 1.165) is 5.69 Å². The predicted octanol–water partition coefficient (Wildman–Crippen LogP) is 1.48. The van der Waals surface area contributed by atoms with Gasteiger partial charge in [-0.05, 0) is 28.1 Å². The molecule has 2 aromatic heterocycles. The summed E-state index contributed by atoms with van der Waals surface area (Å²) in [5.41, 5.74) is 0.972. The number of rotatable bonds is 2. The molecule has 0 saturated carbocycles. The van der Waals surface area contributed by atoms with E-state index in [9.17, 15) is 0 Å². The Kier molecular flexibility index (Phi) is 2.35. The van der Waals surface area contributed by atoms with Crippen LogP contribution in [-0.4, -0.2) is 19.7 Å². The molecule has 66 valence electrons. The van der Waals surface area contributed by atoms with Crippen LogP contribution in [0.5, 0.6) is 0 Å². The van der Waals surface area contributed by atoms with Crippen molar-refractivity contribution in [3.05, 3.63) is 41.2 Å². The summed E-state index contributed by atoms with van der Waals surface area (Å²) < 4.78 is 2.33. The zero-order chi connectivity index (χ0) is 9.10. The molecule has 0 aliphatic carbocycles.